The maximum atomic E-state index is 11.6. The molecule has 1 aliphatic rings. The van der Waals surface area contributed by atoms with E-state index in [2.05, 4.69) is 22.4 Å². The van der Waals surface area contributed by atoms with Gasteiger partial charge in [-0.05, 0) is 63.3 Å². The molecule has 3 N–H and O–H groups in total. The number of hydrogen-bond acceptors (Lipinski definition) is 3. The summed E-state index contributed by atoms with van der Waals surface area (Å²) in [5, 5.41) is 3.07. The maximum absolute atomic E-state index is 11.6. The molecule has 0 bridgehead atoms. The van der Waals surface area contributed by atoms with Crippen LogP contribution < -0.4 is 11.1 Å². The molecule has 22 heavy (non-hydrogen) atoms. The van der Waals surface area contributed by atoms with Crippen molar-refractivity contribution < 1.29 is 9.53 Å². The third kappa shape index (κ3) is 5.06. The van der Waals surface area contributed by atoms with Crippen molar-refractivity contribution in [1.29, 1.82) is 0 Å². The summed E-state index contributed by atoms with van der Waals surface area (Å²) in [6, 6.07) is 6.28. The molecule has 0 radical (unpaired) electrons. The summed E-state index contributed by atoms with van der Waals surface area (Å²) in [6.45, 7) is 5.85. The number of aryl methyl sites for hydroxylation is 2. The summed E-state index contributed by atoms with van der Waals surface area (Å²) >= 11 is 0. The molecular formula is C17H25N3O2. The number of carbonyl (C=O) groups excluding carboxylic acids is 1. The van der Waals surface area contributed by atoms with Crippen LogP contribution in [0.5, 0.6) is 0 Å². The van der Waals surface area contributed by atoms with Gasteiger partial charge in [-0.25, -0.2) is 0 Å². The number of guanidine groups is 1. The summed E-state index contributed by atoms with van der Waals surface area (Å²) in [6.07, 6.45) is 3.73. The molecule has 5 heteroatoms. The fourth-order valence-corrected chi connectivity index (χ4v) is 2.50. The number of ether oxygens (including phenoxy) is 1. The van der Waals surface area contributed by atoms with Gasteiger partial charge in [0.2, 0.25) is 0 Å². The fraction of sp³-hybridized carbons (Fsp3) is 0.529. The molecule has 0 spiro atoms. The Morgan fingerprint density at radius 3 is 2.77 bits per heavy atom. The van der Waals surface area contributed by atoms with Gasteiger partial charge in [0.1, 0.15) is 5.60 Å². The Morgan fingerprint density at radius 2 is 2.05 bits per heavy atom. The van der Waals surface area contributed by atoms with E-state index in [9.17, 15) is 4.79 Å². The van der Waals surface area contributed by atoms with Crippen molar-refractivity contribution in [1.82, 2.24) is 0 Å². The van der Waals surface area contributed by atoms with Gasteiger partial charge in [-0.3, -0.25) is 9.79 Å². The predicted molar refractivity (Wildman–Crippen MR) is 89.0 cm³/mol. The van der Waals surface area contributed by atoms with Crippen LogP contribution in [0.3, 0.4) is 0 Å². The fourth-order valence-electron chi connectivity index (χ4n) is 2.50. The van der Waals surface area contributed by atoms with Crippen molar-refractivity contribution in [3.05, 3.63) is 29.3 Å². The number of rotatable bonds is 4. The van der Waals surface area contributed by atoms with Gasteiger partial charge in [0.25, 0.3) is 0 Å². The highest BCUT2D eigenvalue weighted by molar-refractivity contribution is 5.92. The third-order valence-corrected chi connectivity index (χ3v) is 3.39. The van der Waals surface area contributed by atoms with E-state index in [-0.39, 0.29) is 12.4 Å². The molecule has 0 saturated heterocycles. The number of nitrogens with zero attached hydrogens (tertiary/aromatic N) is 1. The van der Waals surface area contributed by atoms with Crippen LogP contribution in [0.1, 0.15) is 44.7 Å². The standard InChI is InChI=1S/C17H25N3O2/c1-17(2,3)22-15(21)9-10-19-16(18)20-14-8-7-12-5-4-6-13(12)11-14/h7-8,11H,4-6,9-10H2,1-3H3,(H3,18,19,20). The molecule has 0 aromatic heterocycles. The minimum atomic E-state index is -0.463. The molecule has 0 fully saturated rings. The average molecular weight is 303 g/mol. The third-order valence-electron chi connectivity index (χ3n) is 3.39. The normalized spacial score (nSPS) is 14.6. The van der Waals surface area contributed by atoms with Crippen LogP contribution in [0.4, 0.5) is 5.69 Å². The SMILES string of the molecule is CC(C)(C)OC(=O)CCN=C(N)Nc1ccc2c(c1)CCC2. The van der Waals surface area contributed by atoms with Crippen LogP contribution in [-0.2, 0) is 22.4 Å². The lowest BCUT2D eigenvalue weighted by Gasteiger charge is -2.19. The van der Waals surface area contributed by atoms with Crippen molar-refractivity contribution in [2.45, 2.75) is 52.1 Å². The summed E-state index contributed by atoms with van der Waals surface area (Å²) in [5.41, 5.74) is 9.13. The van der Waals surface area contributed by atoms with Gasteiger partial charge in [-0.2, -0.15) is 0 Å². The van der Waals surface area contributed by atoms with Crippen molar-refractivity contribution in [3.63, 3.8) is 0 Å². The highest BCUT2D eigenvalue weighted by Crippen LogP contribution is 2.24. The van der Waals surface area contributed by atoms with Crippen molar-refractivity contribution >= 4 is 17.6 Å². The molecule has 0 aliphatic heterocycles. The molecule has 1 aromatic carbocycles. The Kier molecular flexibility index (Phi) is 5.06. The molecule has 0 unspecified atom stereocenters. The first-order valence-electron chi connectivity index (χ1n) is 7.74. The second kappa shape index (κ2) is 6.81. The number of hydrogen-bond donors (Lipinski definition) is 2. The van der Waals surface area contributed by atoms with Crippen LogP contribution in [0, 0.1) is 0 Å². The number of fused-ring (bicyclic) bond motifs is 1. The molecule has 0 atom stereocenters. The first-order chi connectivity index (χ1) is 10.3. The number of esters is 1. The van der Waals surface area contributed by atoms with Crippen LogP contribution in [-0.4, -0.2) is 24.1 Å². The van der Waals surface area contributed by atoms with E-state index in [1.807, 2.05) is 26.8 Å². The molecule has 1 aliphatic carbocycles. The van der Waals surface area contributed by atoms with Crippen LogP contribution in [0.25, 0.3) is 0 Å². The zero-order valence-electron chi connectivity index (χ0n) is 13.6. The molecule has 1 aromatic rings. The molecule has 2 rings (SSSR count). The second-order valence-corrected chi connectivity index (χ2v) is 6.57. The molecule has 0 amide bonds. The van der Waals surface area contributed by atoms with Crippen molar-refractivity contribution in [2.24, 2.45) is 10.7 Å². The summed E-state index contributed by atoms with van der Waals surface area (Å²) < 4.78 is 5.22. The van der Waals surface area contributed by atoms with E-state index >= 15 is 0 Å². The summed E-state index contributed by atoms with van der Waals surface area (Å²) in [7, 11) is 0. The smallest absolute Gasteiger partial charge is 0.308 e. The van der Waals surface area contributed by atoms with Crippen LogP contribution >= 0.6 is 0 Å². The van der Waals surface area contributed by atoms with Gasteiger partial charge < -0.3 is 15.8 Å². The summed E-state index contributed by atoms with van der Waals surface area (Å²) in [4.78, 5) is 15.7. The zero-order chi connectivity index (χ0) is 16.2. The highest BCUT2D eigenvalue weighted by Gasteiger charge is 2.15. The largest absolute Gasteiger partial charge is 0.460 e. The Labute approximate surface area is 132 Å². The number of nitrogens with two attached hydrogens (primary N) is 1. The van der Waals surface area contributed by atoms with E-state index in [1.165, 1.54) is 17.5 Å². The zero-order valence-corrected chi connectivity index (χ0v) is 13.6. The Hall–Kier alpha value is -2.04. The second-order valence-electron chi connectivity index (χ2n) is 6.57. The monoisotopic (exact) mass is 303 g/mol. The first-order valence-corrected chi connectivity index (χ1v) is 7.74. The lowest BCUT2D eigenvalue weighted by atomic mass is 10.1. The quantitative estimate of drug-likeness (QED) is 0.509. The minimum absolute atomic E-state index is 0.226. The van der Waals surface area contributed by atoms with E-state index in [4.69, 9.17) is 10.5 Å². The molecule has 120 valence electrons. The van der Waals surface area contributed by atoms with Gasteiger partial charge in [-0.15, -0.1) is 0 Å². The number of carbonyl (C=O) groups is 1. The Morgan fingerprint density at radius 1 is 1.32 bits per heavy atom. The van der Waals surface area contributed by atoms with Crippen LogP contribution in [0.15, 0.2) is 23.2 Å². The average Bonchev–Trinajstić information content (AvgIpc) is 2.83. The van der Waals surface area contributed by atoms with Gasteiger partial charge in [-0.1, -0.05) is 6.07 Å². The molecule has 0 saturated carbocycles. The Balaban J connectivity index is 1.82. The predicted octanol–water partition coefficient (Wildman–Crippen LogP) is 2.63. The van der Waals surface area contributed by atoms with E-state index < -0.39 is 5.60 Å². The highest BCUT2D eigenvalue weighted by atomic mass is 16.6. The first kappa shape index (κ1) is 16.3. The van der Waals surface area contributed by atoms with Gasteiger partial charge in [0, 0.05) is 5.69 Å². The van der Waals surface area contributed by atoms with E-state index in [0.717, 1.165) is 18.5 Å². The van der Waals surface area contributed by atoms with Gasteiger partial charge in [0.05, 0.1) is 13.0 Å². The van der Waals surface area contributed by atoms with E-state index in [0.29, 0.717) is 12.5 Å². The van der Waals surface area contributed by atoms with Gasteiger partial charge in [0.15, 0.2) is 5.96 Å². The lowest BCUT2D eigenvalue weighted by Crippen LogP contribution is -2.25. The van der Waals surface area contributed by atoms with Crippen molar-refractivity contribution in [3.8, 4) is 0 Å². The number of benzene rings is 1. The van der Waals surface area contributed by atoms with Gasteiger partial charge >= 0.3 is 5.97 Å². The molecule has 5 nitrogen and oxygen atoms in total. The minimum Gasteiger partial charge on any atom is -0.460 e. The molecular weight excluding hydrogens is 278 g/mol. The number of aliphatic imine (C=N–C) groups is 1. The Bertz CT molecular complexity index is 574. The van der Waals surface area contributed by atoms with Crippen molar-refractivity contribution in [2.75, 3.05) is 11.9 Å². The topological polar surface area (TPSA) is 76.7 Å². The van der Waals surface area contributed by atoms with Crippen LogP contribution in [0.2, 0.25) is 0 Å². The number of nitrogens with one attached hydrogen (secondary N) is 1. The lowest BCUT2D eigenvalue weighted by molar-refractivity contribution is -0.154. The number of anilines is 1. The van der Waals surface area contributed by atoms with E-state index in [1.54, 1.807) is 0 Å². The molecule has 0 heterocycles. The maximum Gasteiger partial charge on any atom is 0.308 e. The summed E-state index contributed by atoms with van der Waals surface area (Å²) in [5.74, 6) is 0.0584.